The molecule has 0 unspecified atom stereocenters. The highest BCUT2D eigenvalue weighted by Gasteiger charge is 2.09. The molecular formula is C14H20N2O2. The predicted octanol–water partition coefficient (Wildman–Crippen LogP) is 2.28. The van der Waals surface area contributed by atoms with Crippen molar-refractivity contribution in [3.63, 3.8) is 0 Å². The molecule has 0 radical (unpaired) electrons. The molecule has 0 amide bonds. The van der Waals surface area contributed by atoms with E-state index in [0.29, 0.717) is 5.56 Å². The number of rotatable bonds is 5. The summed E-state index contributed by atoms with van der Waals surface area (Å²) in [5.41, 5.74) is 1.21. The first kappa shape index (κ1) is 12.9. The summed E-state index contributed by atoms with van der Waals surface area (Å²) in [6.07, 6.45) is 3.95. The fraction of sp³-hybridized carbons (Fsp3) is 0.500. The number of nitrogens with one attached hydrogen (secondary N) is 1. The Hall–Kier alpha value is -1.55. The maximum absolute atomic E-state index is 10.8. The van der Waals surface area contributed by atoms with Crippen LogP contribution in [0.2, 0.25) is 0 Å². The Morgan fingerprint density at radius 2 is 2.06 bits per heavy atom. The summed E-state index contributed by atoms with van der Waals surface area (Å²) in [7, 11) is 0. The molecule has 1 aromatic carbocycles. The maximum Gasteiger partial charge on any atom is 0.335 e. The van der Waals surface area contributed by atoms with E-state index in [9.17, 15) is 4.79 Å². The molecule has 2 N–H and O–H groups in total. The molecule has 1 saturated heterocycles. The van der Waals surface area contributed by atoms with Gasteiger partial charge in [0.2, 0.25) is 0 Å². The van der Waals surface area contributed by atoms with Gasteiger partial charge < -0.3 is 15.3 Å². The van der Waals surface area contributed by atoms with Crippen LogP contribution in [-0.4, -0.2) is 42.2 Å². The minimum atomic E-state index is -0.880. The maximum atomic E-state index is 10.8. The lowest BCUT2D eigenvalue weighted by molar-refractivity contribution is 0.0697. The topological polar surface area (TPSA) is 52.6 Å². The average molecular weight is 248 g/mol. The number of piperidine rings is 1. The molecule has 1 aliphatic heterocycles. The number of carbonyl (C=O) groups is 1. The number of carboxylic acid groups (broad SMARTS) is 1. The highest BCUT2D eigenvalue weighted by molar-refractivity contribution is 5.88. The van der Waals surface area contributed by atoms with Gasteiger partial charge in [-0.25, -0.2) is 4.79 Å². The summed E-state index contributed by atoms with van der Waals surface area (Å²) in [6.45, 7) is 4.27. The molecule has 1 aliphatic rings. The summed E-state index contributed by atoms with van der Waals surface area (Å²) >= 11 is 0. The molecule has 0 aromatic heterocycles. The number of hydrogen-bond acceptors (Lipinski definition) is 3. The molecule has 2 rings (SSSR count). The van der Waals surface area contributed by atoms with E-state index >= 15 is 0 Å². The van der Waals surface area contributed by atoms with Gasteiger partial charge in [-0.05, 0) is 44.1 Å². The third kappa shape index (κ3) is 3.74. The standard InChI is InChI=1S/C14H20N2O2/c17-14(18)12-5-4-6-13(11-12)15-7-10-16-8-2-1-3-9-16/h4-6,11,15H,1-3,7-10H2,(H,17,18). The Labute approximate surface area is 108 Å². The average Bonchev–Trinajstić information content (AvgIpc) is 2.40. The summed E-state index contributed by atoms with van der Waals surface area (Å²) in [5.74, 6) is -0.880. The Morgan fingerprint density at radius 1 is 1.28 bits per heavy atom. The van der Waals surface area contributed by atoms with E-state index in [0.717, 1.165) is 18.8 Å². The zero-order valence-electron chi connectivity index (χ0n) is 10.6. The van der Waals surface area contributed by atoms with Gasteiger partial charge in [-0.15, -0.1) is 0 Å². The van der Waals surface area contributed by atoms with E-state index in [-0.39, 0.29) is 0 Å². The number of hydrogen-bond donors (Lipinski definition) is 2. The van der Waals surface area contributed by atoms with E-state index in [1.54, 1.807) is 18.2 Å². The van der Waals surface area contributed by atoms with E-state index in [1.807, 2.05) is 6.07 Å². The first-order valence-corrected chi connectivity index (χ1v) is 6.55. The normalized spacial score (nSPS) is 16.4. The largest absolute Gasteiger partial charge is 0.478 e. The van der Waals surface area contributed by atoms with Crippen molar-refractivity contribution in [3.8, 4) is 0 Å². The Balaban J connectivity index is 1.78. The zero-order chi connectivity index (χ0) is 12.8. The molecule has 0 atom stereocenters. The van der Waals surface area contributed by atoms with E-state index < -0.39 is 5.97 Å². The minimum absolute atomic E-state index is 0.331. The van der Waals surface area contributed by atoms with Crippen LogP contribution in [0, 0.1) is 0 Å². The van der Waals surface area contributed by atoms with Gasteiger partial charge in [0.1, 0.15) is 0 Å². The van der Waals surface area contributed by atoms with Crippen molar-refractivity contribution < 1.29 is 9.90 Å². The first-order chi connectivity index (χ1) is 8.75. The van der Waals surface area contributed by atoms with Crippen molar-refractivity contribution in [1.82, 2.24) is 4.90 Å². The summed E-state index contributed by atoms with van der Waals surface area (Å²) in [4.78, 5) is 13.3. The Kier molecular flexibility index (Phi) is 4.59. The summed E-state index contributed by atoms with van der Waals surface area (Å²) < 4.78 is 0. The number of carboxylic acids is 1. The Bertz CT molecular complexity index is 401. The van der Waals surface area contributed by atoms with E-state index in [1.165, 1.54) is 32.4 Å². The van der Waals surface area contributed by atoms with E-state index in [4.69, 9.17) is 5.11 Å². The van der Waals surface area contributed by atoms with E-state index in [2.05, 4.69) is 10.2 Å². The SMILES string of the molecule is O=C(O)c1cccc(NCCN2CCCCC2)c1. The van der Waals surface area contributed by atoms with Crippen LogP contribution in [0.1, 0.15) is 29.6 Å². The van der Waals surface area contributed by atoms with Gasteiger partial charge in [-0.3, -0.25) is 0 Å². The number of aromatic carboxylic acids is 1. The molecule has 98 valence electrons. The lowest BCUT2D eigenvalue weighted by Gasteiger charge is -2.26. The van der Waals surface area contributed by atoms with Crippen molar-refractivity contribution in [1.29, 1.82) is 0 Å². The molecule has 4 nitrogen and oxygen atoms in total. The second kappa shape index (κ2) is 6.40. The van der Waals surface area contributed by atoms with Crippen LogP contribution in [0.3, 0.4) is 0 Å². The van der Waals surface area contributed by atoms with Gasteiger partial charge in [0.15, 0.2) is 0 Å². The molecule has 1 fully saturated rings. The fourth-order valence-corrected chi connectivity index (χ4v) is 2.30. The first-order valence-electron chi connectivity index (χ1n) is 6.55. The van der Waals surface area contributed by atoms with Crippen molar-refractivity contribution in [2.24, 2.45) is 0 Å². The smallest absolute Gasteiger partial charge is 0.335 e. The van der Waals surface area contributed by atoms with Gasteiger partial charge in [0.25, 0.3) is 0 Å². The van der Waals surface area contributed by atoms with Crippen LogP contribution in [-0.2, 0) is 0 Å². The fourth-order valence-electron chi connectivity index (χ4n) is 2.30. The number of nitrogens with zero attached hydrogens (tertiary/aromatic N) is 1. The van der Waals surface area contributed by atoms with Crippen LogP contribution >= 0.6 is 0 Å². The lowest BCUT2D eigenvalue weighted by atomic mass is 10.1. The zero-order valence-corrected chi connectivity index (χ0v) is 10.6. The molecular weight excluding hydrogens is 228 g/mol. The van der Waals surface area contributed by atoms with Gasteiger partial charge in [-0.1, -0.05) is 12.5 Å². The minimum Gasteiger partial charge on any atom is -0.478 e. The molecule has 0 spiro atoms. The van der Waals surface area contributed by atoms with Crippen molar-refractivity contribution in [2.45, 2.75) is 19.3 Å². The molecule has 1 aromatic rings. The second-order valence-corrected chi connectivity index (χ2v) is 4.72. The number of anilines is 1. The Morgan fingerprint density at radius 3 is 2.78 bits per heavy atom. The van der Waals surface area contributed by atoms with Crippen LogP contribution in [0.4, 0.5) is 5.69 Å². The van der Waals surface area contributed by atoms with Gasteiger partial charge in [0, 0.05) is 18.8 Å². The van der Waals surface area contributed by atoms with Crippen molar-refractivity contribution in [3.05, 3.63) is 29.8 Å². The highest BCUT2D eigenvalue weighted by Crippen LogP contribution is 2.11. The number of benzene rings is 1. The second-order valence-electron chi connectivity index (χ2n) is 4.72. The summed E-state index contributed by atoms with van der Waals surface area (Å²) in [6, 6.07) is 6.96. The quantitative estimate of drug-likeness (QED) is 0.839. The van der Waals surface area contributed by atoms with Gasteiger partial charge in [-0.2, -0.15) is 0 Å². The van der Waals surface area contributed by atoms with Crippen LogP contribution < -0.4 is 5.32 Å². The number of likely N-dealkylation sites (tertiary alicyclic amines) is 1. The molecule has 1 heterocycles. The molecule has 0 aliphatic carbocycles. The van der Waals surface area contributed by atoms with Crippen molar-refractivity contribution >= 4 is 11.7 Å². The van der Waals surface area contributed by atoms with Crippen LogP contribution in [0.25, 0.3) is 0 Å². The molecule has 0 bridgehead atoms. The lowest BCUT2D eigenvalue weighted by Crippen LogP contribution is -2.33. The van der Waals surface area contributed by atoms with Crippen molar-refractivity contribution in [2.75, 3.05) is 31.5 Å². The third-order valence-electron chi connectivity index (χ3n) is 3.32. The third-order valence-corrected chi connectivity index (χ3v) is 3.32. The van der Waals surface area contributed by atoms with Crippen LogP contribution in [0.5, 0.6) is 0 Å². The van der Waals surface area contributed by atoms with Gasteiger partial charge >= 0.3 is 5.97 Å². The van der Waals surface area contributed by atoms with Crippen LogP contribution in [0.15, 0.2) is 24.3 Å². The predicted molar refractivity (Wildman–Crippen MR) is 72.2 cm³/mol. The molecule has 4 heteroatoms. The highest BCUT2D eigenvalue weighted by atomic mass is 16.4. The molecule has 18 heavy (non-hydrogen) atoms. The summed E-state index contributed by atoms with van der Waals surface area (Å²) in [5, 5.41) is 12.2. The monoisotopic (exact) mass is 248 g/mol. The van der Waals surface area contributed by atoms with Gasteiger partial charge in [0.05, 0.1) is 5.56 Å². The molecule has 0 saturated carbocycles.